The van der Waals surface area contributed by atoms with Crippen molar-refractivity contribution in [3.63, 3.8) is 0 Å². The summed E-state index contributed by atoms with van der Waals surface area (Å²) in [5.41, 5.74) is 2.08. The van der Waals surface area contributed by atoms with Gasteiger partial charge in [-0.1, -0.05) is 6.92 Å². The molecule has 0 saturated carbocycles. The lowest BCUT2D eigenvalue weighted by Gasteiger charge is -2.23. The van der Waals surface area contributed by atoms with E-state index in [2.05, 4.69) is 34.9 Å². The molecule has 1 aliphatic rings. The van der Waals surface area contributed by atoms with Gasteiger partial charge in [0, 0.05) is 25.5 Å². The molecule has 0 aliphatic carbocycles. The summed E-state index contributed by atoms with van der Waals surface area (Å²) in [5.74, 6) is 0.248. The van der Waals surface area contributed by atoms with Crippen molar-refractivity contribution in [2.75, 3.05) is 6.61 Å². The van der Waals surface area contributed by atoms with E-state index in [1.807, 2.05) is 11.6 Å². The first kappa shape index (κ1) is 15.0. The second-order valence-corrected chi connectivity index (χ2v) is 6.00. The predicted octanol–water partition coefficient (Wildman–Crippen LogP) is 2.69. The van der Waals surface area contributed by atoms with Crippen LogP contribution in [-0.4, -0.2) is 33.7 Å². The Kier molecular flexibility index (Phi) is 5.03. The van der Waals surface area contributed by atoms with Crippen LogP contribution in [0.15, 0.2) is 4.47 Å². The number of hydrogen-bond acceptors (Lipinski definition) is 3. The quantitative estimate of drug-likeness (QED) is 0.902. The lowest BCUT2D eigenvalue weighted by atomic mass is 9.90. The first-order chi connectivity index (χ1) is 9.08. The summed E-state index contributed by atoms with van der Waals surface area (Å²) < 4.78 is 8.67. The van der Waals surface area contributed by atoms with Crippen molar-refractivity contribution < 1.29 is 9.84 Å². The van der Waals surface area contributed by atoms with Crippen molar-refractivity contribution in [2.45, 2.75) is 58.8 Å². The summed E-state index contributed by atoms with van der Waals surface area (Å²) in [4.78, 5) is 0. The minimum atomic E-state index is -0.356. The Bertz CT molecular complexity index is 433. The SMILES string of the molecule is CCC1OCCC1C(O)Cc1c(Br)c(C)nn1CC. The summed E-state index contributed by atoms with van der Waals surface area (Å²) in [5, 5.41) is 15.0. The maximum atomic E-state index is 10.5. The molecule has 1 aliphatic heterocycles. The van der Waals surface area contributed by atoms with E-state index in [-0.39, 0.29) is 18.1 Å². The number of ether oxygens (including phenoxy) is 1. The maximum absolute atomic E-state index is 10.5. The lowest BCUT2D eigenvalue weighted by Crippen LogP contribution is -2.30. The van der Waals surface area contributed by atoms with E-state index in [4.69, 9.17) is 4.74 Å². The summed E-state index contributed by atoms with van der Waals surface area (Å²) in [7, 11) is 0. The van der Waals surface area contributed by atoms with Crippen LogP contribution in [0.4, 0.5) is 0 Å². The van der Waals surface area contributed by atoms with E-state index >= 15 is 0 Å². The molecule has 1 N–H and O–H groups in total. The van der Waals surface area contributed by atoms with Crippen LogP contribution in [0.25, 0.3) is 0 Å². The Labute approximate surface area is 123 Å². The minimum absolute atomic E-state index is 0.202. The van der Waals surface area contributed by atoms with Gasteiger partial charge in [0.2, 0.25) is 0 Å². The largest absolute Gasteiger partial charge is 0.392 e. The van der Waals surface area contributed by atoms with Crippen LogP contribution in [0, 0.1) is 12.8 Å². The molecule has 0 spiro atoms. The molecule has 0 radical (unpaired) electrons. The van der Waals surface area contributed by atoms with Crippen LogP contribution in [0.5, 0.6) is 0 Å². The molecular formula is C14H23BrN2O2. The van der Waals surface area contributed by atoms with Gasteiger partial charge in [0.15, 0.2) is 0 Å². The van der Waals surface area contributed by atoms with E-state index in [1.165, 1.54) is 0 Å². The highest BCUT2D eigenvalue weighted by Gasteiger charge is 2.33. The van der Waals surface area contributed by atoms with E-state index in [0.717, 1.165) is 41.9 Å². The van der Waals surface area contributed by atoms with Crippen molar-refractivity contribution in [3.8, 4) is 0 Å². The Morgan fingerprint density at radius 3 is 2.89 bits per heavy atom. The summed E-state index contributed by atoms with van der Waals surface area (Å²) in [6.45, 7) is 7.77. The third-order valence-electron chi connectivity index (χ3n) is 4.01. The van der Waals surface area contributed by atoms with Crippen LogP contribution >= 0.6 is 15.9 Å². The highest BCUT2D eigenvalue weighted by atomic mass is 79.9. The molecule has 2 rings (SSSR count). The molecule has 4 nitrogen and oxygen atoms in total. The highest BCUT2D eigenvalue weighted by Crippen LogP contribution is 2.30. The van der Waals surface area contributed by atoms with Gasteiger partial charge in [0.25, 0.3) is 0 Å². The second kappa shape index (κ2) is 6.37. The topological polar surface area (TPSA) is 47.3 Å². The van der Waals surface area contributed by atoms with Crippen LogP contribution in [0.1, 0.15) is 38.1 Å². The van der Waals surface area contributed by atoms with Gasteiger partial charge in [-0.2, -0.15) is 5.10 Å². The molecule has 19 heavy (non-hydrogen) atoms. The zero-order valence-corrected chi connectivity index (χ0v) is 13.5. The molecule has 0 aromatic carbocycles. The zero-order chi connectivity index (χ0) is 14.0. The van der Waals surface area contributed by atoms with Crippen molar-refractivity contribution in [2.24, 2.45) is 5.92 Å². The number of rotatable bonds is 5. The van der Waals surface area contributed by atoms with Crippen molar-refractivity contribution in [1.82, 2.24) is 9.78 Å². The van der Waals surface area contributed by atoms with Gasteiger partial charge < -0.3 is 9.84 Å². The lowest BCUT2D eigenvalue weighted by molar-refractivity contribution is 0.0309. The normalized spacial score (nSPS) is 24.9. The fourth-order valence-electron chi connectivity index (χ4n) is 2.94. The number of nitrogens with zero attached hydrogens (tertiary/aromatic N) is 2. The average molecular weight is 331 g/mol. The fraction of sp³-hybridized carbons (Fsp3) is 0.786. The third-order valence-corrected chi connectivity index (χ3v) is 5.04. The molecule has 3 atom stereocenters. The Morgan fingerprint density at radius 2 is 2.26 bits per heavy atom. The molecule has 108 valence electrons. The molecule has 1 aromatic heterocycles. The Morgan fingerprint density at radius 1 is 1.53 bits per heavy atom. The smallest absolute Gasteiger partial charge is 0.0738 e. The first-order valence-electron chi connectivity index (χ1n) is 7.09. The number of aromatic nitrogens is 2. The van der Waals surface area contributed by atoms with E-state index in [0.29, 0.717) is 6.42 Å². The molecular weight excluding hydrogens is 308 g/mol. The van der Waals surface area contributed by atoms with Gasteiger partial charge in [-0.3, -0.25) is 4.68 Å². The number of hydrogen-bond donors (Lipinski definition) is 1. The Hall–Kier alpha value is -0.390. The molecule has 1 aromatic rings. The van der Waals surface area contributed by atoms with Crippen molar-refractivity contribution in [1.29, 1.82) is 0 Å². The summed E-state index contributed by atoms with van der Waals surface area (Å²) in [6, 6.07) is 0. The standard InChI is InChI=1S/C14H23BrN2O2/c1-4-13-10(6-7-19-13)12(18)8-11-14(15)9(3)16-17(11)5-2/h10,12-13,18H,4-8H2,1-3H3. The van der Waals surface area contributed by atoms with Crippen LogP contribution < -0.4 is 0 Å². The minimum Gasteiger partial charge on any atom is -0.392 e. The maximum Gasteiger partial charge on any atom is 0.0738 e. The second-order valence-electron chi connectivity index (χ2n) is 5.20. The van der Waals surface area contributed by atoms with Gasteiger partial charge in [0.05, 0.1) is 28.1 Å². The van der Waals surface area contributed by atoms with Crippen LogP contribution in [0.2, 0.25) is 0 Å². The van der Waals surface area contributed by atoms with Gasteiger partial charge in [-0.05, 0) is 42.6 Å². The average Bonchev–Trinajstić information content (AvgIpc) is 2.98. The molecule has 0 amide bonds. The van der Waals surface area contributed by atoms with Crippen molar-refractivity contribution in [3.05, 3.63) is 15.9 Å². The van der Waals surface area contributed by atoms with Crippen LogP contribution in [0.3, 0.4) is 0 Å². The summed E-state index contributed by atoms with van der Waals surface area (Å²) in [6.07, 6.45) is 2.41. The molecule has 1 fully saturated rings. The number of aryl methyl sites for hydroxylation is 2. The molecule has 1 saturated heterocycles. The van der Waals surface area contributed by atoms with Gasteiger partial charge in [-0.25, -0.2) is 0 Å². The summed E-state index contributed by atoms with van der Waals surface area (Å²) >= 11 is 3.59. The number of halogens is 1. The molecule has 5 heteroatoms. The first-order valence-corrected chi connectivity index (χ1v) is 7.89. The Balaban J connectivity index is 2.12. The fourth-order valence-corrected chi connectivity index (χ4v) is 3.39. The predicted molar refractivity (Wildman–Crippen MR) is 78.2 cm³/mol. The zero-order valence-electron chi connectivity index (χ0n) is 11.9. The highest BCUT2D eigenvalue weighted by molar-refractivity contribution is 9.10. The molecule has 2 heterocycles. The van der Waals surface area contributed by atoms with Gasteiger partial charge in [-0.15, -0.1) is 0 Å². The molecule has 0 bridgehead atoms. The van der Waals surface area contributed by atoms with E-state index in [9.17, 15) is 5.11 Å². The molecule has 3 unspecified atom stereocenters. The number of aliphatic hydroxyl groups excluding tert-OH is 1. The van der Waals surface area contributed by atoms with E-state index < -0.39 is 0 Å². The van der Waals surface area contributed by atoms with Gasteiger partial charge in [0.1, 0.15) is 0 Å². The third kappa shape index (κ3) is 3.03. The van der Waals surface area contributed by atoms with E-state index in [1.54, 1.807) is 0 Å². The van der Waals surface area contributed by atoms with Crippen molar-refractivity contribution >= 4 is 15.9 Å². The number of aliphatic hydroxyl groups is 1. The van der Waals surface area contributed by atoms with Gasteiger partial charge >= 0.3 is 0 Å². The van der Waals surface area contributed by atoms with Crippen LogP contribution in [-0.2, 0) is 17.7 Å². The monoisotopic (exact) mass is 330 g/mol.